The van der Waals surface area contributed by atoms with E-state index in [4.69, 9.17) is 9.15 Å². The number of carbonyl (C=O) groups excluding carboxylic acids is 1. The van der Waals surface area contributed by atoms with E-state index in [1.54, 1.807) is 6.92 Å². The molecule has 0 radical (unpaired) electrons. The van der Waals surface area contributed by atoms with Gasteiger partial charge in [0, 0.05) is 30.6 Å². The number of amides is 1. The monoisotopic (exact) mass is 390 g/mol. The first-order valence-corrected chi connectivity index (χ1v) is 9.51. The van der Waals surface area contributed by atoms with E-state index in [1.165, 1.54) is 0 Å². The quantitative estimate of drug-likeness (QED) is 0.520. The average molecular weight is 390 g/mol. The number of nitrogens with one attached hydrogen (secondary N) is 1. The molecule has 148 valence electrons. The van der Waals surface area contributed by atoms with Gasteiger partial charge in [0.05, 0.1) is 12.2 Å². The topological polar surface area (TPSA) is 82.2 Å². The molecular formula is C22H22N4O3. The molecule has 2 aromatic carbocycles. The summed E-state index contributed by atoms with van der Waals surface area (Å²) in [4.78, 5) is 12.5. The maximum Gasteiger partial charge on any atom is 0.249 e. The largest absolute Gasteiger partial charge is 0.494 e. The summed E-state index contributed by atoms with van der Waals surface area (Å²) >= 11 is 0. The predicted molar refractivity (Wildman–Crippen MR) is 109 cm³/mol. The third-order valence-electron chi connectivity index (χ3n) is 4.58. The molecule has 1 amide bonds. The Morgan fingerprint density at radius 1 is 1.14 bits per heavy atom. The van der Waals surface area contributed by atoms with Crippen LogP contribution in [-0.4, -0.2) is 27.3 Å². The van der Waals surface area contributed by atoms with Crippen molar-refractivity contribution in [1.29, 1.82) is 0 Å². The van der Waals surface area contributed by atoms with E-state index in [0.717, 1.165) is 27.8 Å². The summed E-state index contributed by atoms with van der Waals surface area (Å²) in [7, 11) is 0. The molecule has 0 saturated heterocycles. The van der Waals surface area contributed by atoms with Crippen molar-refractivity contribution in [3.8, 4) is 17.2 Å². The van der Waals surface area contributed by atoms with Crippen molar-refractivity contribution in [2.75, 3.05) is 6.61 Å². The van der Waals surface area contributed by atoms with E-state index < -0.39 is 0 Å². The van der Waals surface area contributed by atoms with Crippen LogP contribution in [0.5, 0.6) is 5.75 Å². The van der Waals surface area contributed by atoms with Gasteiger partial charge in [-0.2, -0.15) is 0 Å². The second kappa shape index (κ2) is 8.18. The fourth-order valence-corrected chi connectivity index (χ4v) is 3.23. The molecule has 0 bridgehead atoms. The van der Waals surface area contributed by atoms with Crippen molar-refractivity contribution >= 4 is 16.8 Å². The van der Waals surface area contributed by atoms with Crippen molar-refractivity contribution in [1.82, 2.24) is 20.1 Å². The number of aromatic nitrogens is 3. The lowest BCUT2D eigenvalue weighted by atomic mass is 10.2. The molecule has 7 heteroatoms. The van der Waals surface area contributed by atoms with Crippen LogP contribution in [0.2, 0.25) is 0 Å². The first-order chi connectivity index (χ1) is 14.1. The highest BCUT2D eigenvalue weighted by molar-refractivity contribution is 5.94. The first kappa shape index (κ1) is 18.7. The van der Waals surface area contributed by atoms with Crippen molar-refractivity contribution in [3.63, 3.8) is 0 Å². The number of aryl methyl sites for hydroxylation is 1. The highest BCUT2D eigenvalue weighted by Crippen LogP contribution is 2.29. The second-order valence-electron chi connectivity index (χ2n) is 6.67. The Balaban J connectivity index is 1.48. The summed E-state index contributed by atoms with van der Waals surface area (Å²) in [5, 5.41) is 12.0. The van der Waals surface area contributed by atoms with Gasteiger partial charge in [-0.05, 0) is 30.7 Å². The van der Waals surface area contributed by atoms with E-state index in [0.29, 0.717) is 24.9 Å². The highest BCUT2D eigenvalue weighted by atomic mass is 16.5. The third-order valence-corrected chi connectivity index (χ3v) is 4.58. The zero-order chi connectivity index (χ0) is 20.2. The molecular weight excluding hydrogens is 368 g/mol. The first-order valence-electron chi connectivity index (χ1n) is 9.51. The van der Waals surface area contributed by atoms with Crippen molar-refractivity contribution in [2.45, 2.75) is 26.9 Å². The Labute approximate surface area is 168 Å². The lowest BCUT2D eigenvalue weighted by Gasteiger charge is -2.08. The molecule has 4 aromatic rings. The minimum atomic E-state index is -0.0760. The fraction of sp³-hybridized carbons (Fsp3) is 0.227. The average Bonchev–Trinajstić information content (AvgIpc) is 3.32. The van der Waals surface area contributed by atoms with Gasteiger partial charge in [-0.3, -0.25) is 4.79 Å². The van der Waals surface area contributed by atoms with Crippen LogP contribution in [0.1, 0.15) is 18.4 Å². The minimum Gasteiger partial charge on any atom is -0.494 e. The summed E-state index contributed by atoms with van der Waals surface area (Å²) in [6, 6.07) is 15.6. The molecule has 4 rings (SSSR count). The molecule has 0 fully saturated rings. The Kier molecular flexibility index (Phi) is 5.29. The standard InChI is InChI=1S/C22H22N4O3/c1-3-28-17-10-8-16(9-11-17)12-23-21(27)14-26-13-19(22-25-24-15(2)29-22)18-6-4-5-7-20(18)26/h4-11,13H,3,12,14H2,1-2H3,(H,23,27). The van der Waals surface area contributed by atoms with Crippen LogP contribution in [0.3, 0.4) is 0 Å². The number of carbonyl (C=O) groups is 1. The number of nitrogens with zero attached hydrogens (tertiary/aromatic N) is 3. The van der Waals surface area contributed by atoms with Gasteiger partial charge >= 0.3 is 0 Å². The molecule has 7 nitrogen and oxygen atoms in total. The SMILES string of the molecule is CCOc1ccc(CNC(=O)Cn2cc(-c3nnc(C)o3)c3ccccc32)cc1. The van der Waals surface area contributed by atoms with Gasteiger partial charge in [0.25, 0.3) is 0 Å². The summed E-state index contributed by atoms with van der Waals surface area (Å²) in [5.41, 5.74) is 2.77. The molecule has 0 aliphatic heterocycles. The number of para-hydroxylation sites is 1. The molecule has 0 aliphatic rings. The van der Waals surface area contributed by atoms with Gasteiger partial charge in [0.1, 0.15) is 12.3 Å². The predicted octanol–water partition coefficient (Wildman–Crippen LogP) is 3.71. The normalized spacial score (nSPS) is 11.0. The fourth-order valence-electron chi connectivity index (χ4n) is 3.23. The van der Waals surface area contributed by atoms with Gasteiger partial charge in [-0.25, -0.2) is 0 Å². The number of fused-ring (bicyclic) bond motifs is 1. The van der Waals surface area contributed by atoms with Crippen LogP contribution in [0.15, 0.2) is 59.1 Å². The molecule has 0 spiro atoms. The maximum absolute atomic E-state index is 12.5. The van der Waals surface area contributed by atoms with Gasteiger partial charge in [-0.1, -0.05) is 30.3 Å². The Hall–Kier alpha value is -3.61. The summed E-state index contributed by atoms with van der Waals surface area (Å²) in [6.07, 6.45) is 1.88. The van der Waals surface area contributed by atoms with E-state index in [-0.39, 0.29) is 12.5 Å². The molecule has 0 unspecified atom stereocenters. The van der Waals surface area contributed by atoms with Crippen LogP contribution in [-0.2, 0) is 17.9 Å². The Morgan fingerprint density at radius 2 is 1.93 bits per heavy atom. The highest BCUT2D eigenvalue weighted by Gasteiger charge is 2.16. The van der Waals surface area contributed by atoms with Crippen LogP contribution >= 0.6 is 0 Å². The summed E-state index contributed by atoms with van der Waals surface area (Å²) < 4.78 is 12.9. The van der Waals surface area contributed by atoms with Gasteiger partial charge in [0.15, 0.2) is 0 Å². The van der Waals surface area contributed by atoms with Crippen molar-refractivity contribution < 1.29 is 13.9 Å². The summed E-state index contributed by atoms with van der Waals surface area (Å²) in [5.74, 6) is 1.70. The Bertz CT molecular complexity index is 1130. The molecule has 2 heterocycles. The van der Waals surface area contributed by atoms with Crippen molar-refractivity contribution in [3.05, 3.63) is 66.2 Å². The molecule has 1 N–H and O–H groups in total. The zero-order valence-electron chi connectivity index (χ0n) is 16.4. The number of benzene rings is 2. The number of hydrogen-bond donors (Lipinski definition) is 1. The zero-order valence-corrected chi connectivity index (χ0v) is 16.4. The van der Waals surface area contributed by atoms with Gasteiger partial charge in [-0.15, -0.1) is 10.2 Å². The van der Waals surface area contributed by atoms with E-state index in [2.05, 4.69) is 15.5 Å². The Morgan fingerprint density at radius 3 is 2.66 bits per heavy atom. The number of ether oxygens (including phenoxy) is 1. The number of hydrogen-bond acceptors (Lipinski definition) is 5. The van der Waals surface area contributed by atoms with E-state index >= 15 is 0 Å². The third kappa shape index (κ3) is 4.13. The van der Waals surface area contributed by atoms with Crippen LogP contribution in [0, 0.1) is 6.92 Å². The van der Waals surface area contributed by atoms with Crippen molar-refractivity contribution in [2.24, 2.45) is 0 Å². The summed E-state index contributed by atoms with van der Waals surface area (Å²) in [6.45, 7) is 4.99. The van der Waals surface area contributed by atoms with E-state index in [1.807, 2.05) is 66.2 Å². The van der Waals surface area contributed by atoms with Crippen LogP contribution < -0.4 is 10.1 Å². The smallest absolute Gasteiger partial charge is 0.249 e. The molecule has 2 aromatic heterocycles. The molecule has 29 heavy (non-hydrogen) atoms. The lowest BCUT2D eigenvalue weighted by Crippen LogP contribution is -2.26. The van der Waals surface area contributed by atoms with Crippen LogP contribution in [0.25, 0.3) is 22.4 Å². The van der Waals surface area contributed by atoms with Crippen LogP contribution in [0.4, 0.5) is 0 Å². The molecule has 0 saturated carbocycles. The lowest BCUT2D eigenvalue weighted by molar-refractivity contribution is -0.121. The van der Waals surface area contributed by atoms with Gasteiger partial charge < -0.3 is 19.0 Å². The maximum atomic E-state index is 12.5. The minimum absolute atomic E-state index is 0.0760. The van der Waals surface area contributed by atoms with Gasteiger partial charge in [0.2, 0.25) is 17.7 Å². The number of rotatable bonds is 7. The second-order valence-corrected chi connectivity index (χ2v) is 6.67. The molecule has 0 atom stereocenters. The molecule has 0 aliphatic carbocycles. The van der Waals surface area contributed by atoms with E-state index in [9.17, 15) is 4.79 Å².